The molecule has 1 amide bonds. The van der Waals surface area contributed by atoms with Crippen molar-refractivity contribution in [1.82, 2.24) is 9.80 Å². The van der Waals surface area contributed by atoms with E-state index in [2.05, 4.69) is 46.2 Å². The molecule has 1 saturated heterocycles. The number of benzene rings is 2. The second kappa shape index (κ2) is 11.7. The average Bonchev–Trinajstić information content (AvgIpc) is 2.82. The molecule has 1 fully saturated rings. The highest BCUT2D eigenvalue weighted by molar-refractivity contribution is 7.99. The van der Waals surface area contributed by atoms with Crippen LogP contribution in [0.25, 0.3) is 0 Å². The van der Waals surface area contributed by atoms with Gasteiger partial charge in [-0.1, -0.05) is 35.5 Å². The van der Waals surface area contributed by atoms with Gasteiger partial charge in [0, 0.05) is 47.5 Å². The van der Waals surface area contributed by atoms with Crippen molar-refractivity contribution in [3.05, 3.63) is 47.5 Å². The number of hydrogen-bond acceptors (Lipinski definition) is 6. The standard InChI is InChI=1S/C26H35ClN3O3PS/c1-26(2,3)32-19-34(4)33-25(31)29-16-14-28(15-17-29)12-7-13-30-21-8-5-6-9-23(21)35-24-11-10-20(27)18-22(24)30/h5-6,8-11,18H,7,12-17,19H2,1-4H3. The molecule has 6 nitrogen and oxygen atoms in total. The second-order valence-corrected chi connectivity index (χ2v) is 13.1. The SMILES string of the molecule is CP(COC(C)(C)C)OC(=O)N1CCN(CCCN2c3ccccc3Sc3ccc(Cl)cc32)CC1. The molecular formula is C26H35ClN3O3PS. The van der Waals surface area contributed by atoms with Crippen molar-refractivity contribution in [3.8, 4) is 0 Å². The van der Waals surface area contributed by atoms with Gasteiger partial charge in [0.15, 0.2) is 0 Å². The molecule has 2 aliphatic heterocycles. The van der Waals surface area contributed by atoms with Crippen molar-refractivity contribution in [2.75, 3.05) is 57.2 Å². The van der Waals surface area contributed by atoms with Crippen LogP contribution in [-0.2, 0) is 9.26 Å². The van der Waals surface area contributed by atoms with Gasteiger partial charge in [0.05, 0.1) is 17.0 Å². The highest BCUT2D eigenvalue weighted by atomic mass is 35.5. The Balaban J connectivity index is 1.25. The number of carbonyl (C=O) groups excluding carboxylic acids is 1. The Morgan fingerprint density at radius 2 is 1.74 bits per heavy atom. The number of rotatable bonds is 7. The van der Waals surface area contributed by atoms with Gasteiger partial charge in [-0.3, -0.25) is 4.90 Å². The summed E-state index contributed by atoms with van der Waals surface area (Å²) in [6.07, 6.45) is 1.28. The van der Waals surface area contributed by atoms with Gasteiger partial charge in [0.1, 0.15) is 14.5 Å². The van der Waals surface area contributed by atoms with Gasteiger partial charge in [-0.05, 0) is 70.7 Å². The van der Waals surface area contributed by atoms with E-state index in [9.17, 15) is 4.79 Å². The number of anilines is 2. The summed E-state index contributed by atoms with van der Waals surface area (Å²) in [5.41, 5.74) is 2.20. The summed E-state index contributed by atoms with van der Waals surface area (Å²) in [6.45, 7) is 13.0. The van der Waals surface area contributed by atoms with Crippen LogP contribution in [0.4, 0.5) is 16.2 Å². The summed E-state index contributed by atoms with van der Waals surface area (Å²) in [5.74, 6) is 0. The second-order valence-electron chi connectivity index (χ2n) is 9.89. The molecule has 1 unspecified atom stereocenters. The number of halogens is 1. The van der Waals surface area contributed by atoms with E-state index in [1.807, 2.05) is 38.4 Å². The zero-order valence-corrected chi connectivity index (χ0v) is 23.5. The number of hydrogen-bond donors (Lipinski definition) is 0. The number of nitrogens with zero attached hydrogens (tertiary/aromatic N) is 3. The lowest BCUT2D eigenvalue weighted by Crippen LogP contribution is -2.49. The Bertz CT molecular complexity index is 1030. The van der Waals surface area contributed by atoms with Crippen molar-refractivity contribution in [1.29, 1.82) is 0 Å². The fraction of sp³-hybridized carbons (Fsp3) is 0.500. The maximum atomic E-state index is 12.5. The Labute approximate surface area is 219 Å². The molecular weight excluding hydrogens is 501 g/mol. The van der Waals surface area contributed by atoms with Crippen LogP contribution in [0.2, 0.25) is 5.02 Å². The van der Waals surface area contributed by atoms with Crippen LogP contribution >= 0.6 is 31.5 Å². The van der Waals surface area contributed by atoms with Gasteiger partial charge in [-0.15, -0.1) is 0 Å². The predicted octanol–water partition coefficient (Wildman–Crippen LogP) is 6.89. The first-order valence-electron chi connectivity index (χ1n) is 12.1. The molecule has 2 aromatic rings. The van der Waals surface area contributed by atoms with Crippen LogP contribution in [-0.4, -0.2) is 73.8 Å². The normalized spacial score (nSPS) is 17.1. The van der Waals surface area contributed by atoms with Crippen molar-refractivity contribution in [2.24, 2.45) is 0 Å². The van der Waals surface area contributed by atoms with Crippen molar-refractivity contribution in [3.63, 3.8) is 0 Å². The molecule has 0 spiro atoms. The summed E-state index contributed by atoms with van der Waals surface area (Å²) in [5, 5.41) is 0.762. The van der Waals surface area contributed by atoms with E-state index in [1.165, 1.54) is 21.2 Å². The lowest BCUT2D eigenvalue weighted by molar-refractivity contribution is 0.0235. The fourth-order valence-corrected chi connectivity index (χ4v) is 6.40. The minimum atomic E-state index is -0.926. The summed E-state index contributed by atoms with van der Waals surface area (Å²) in [4.78, 5) is 21.7. The zero-order valence-electron chi connectivity index (χ0n) is 21.0. The largest absolute Gasteiger partial charge is 0.427 e. The number of ether oxygens (including phenoxy) is 1. The number of amides is 1. The molecule has 0 aromatic heterocycles. The summed E-state index contributed by atoms with van der Waals surface area (Å²) in [7, 11) is -0.926. The quantitative estimate of drug-likeness (QED) is 0.360. The summed E-state index contributed by atoms with van der Waals surface area (Å²) < 4.78 is 11.4. The Morgan fingerprint density at radius 1 is 1.03 bits per heavy atom. The lowest BCUT2D eigenvalue weighted by atomic mass is 10.2. The van der Waals surface area contributed by atoms with Crippen LogP contribution in [0, 0.1) is 0 Å². The smallest absolute Gasteiger partial charge is 0.412 e. The van der Waals surface area contributed by atoms with Crippen molar-refractivity contribution in [2.45, 2.75) is 42.6 Å². The van der Waals surface area contributed by atoms with Crippen LogP contribution in [0.3, 0.4) is 0 Å². The molecule has 9 heteroatoms. The fourth-order valence-electron chi connectivity index (χ4n) is 4.15. The van der Waals surface area contributed by atoms with E-state index in [0.717, 1.165) is 37.6 Å². The molecule has 0 saturated carbocycles. The molecule has 0 N–H and O–H groups in total. The molecule has 4 rings (SSSR count). The number of fused-ring (bicyclic) bond motifs is 2. The Kier molecular flexibility index (Phi) is 8.88. The van der Waals surface area contributed by atoms with Gasteiger partial charge in [-0.2, -0.15) is 0 Å². The lowest BCUT2D eigenvalue weighted by Gasteiger charge is -2.36. The van der Waals surface area contributed by atoms with Gasteiger partial charge < -0.3 is 19.1 Å². The van der Waals surface area contributed by atoms with E-state index in [4.69, 9.17) is 20.9 Å². The molecule has 2 aliphatic rings. The van der Waals surface area contributed by atoms with Crippen LogP contribution in [0.15, 0.2) is 52.3 Å². The minimum Gasteiger partial charge on any atom is -0.427 e. The molecule has 2 aromatic carbocycles. The Morgan fingerprint density at radius 3 is 2.49 bits per heavy atom. The monoisotopic (exact) mass is 535 g/mol. The summed E-state index contributed by atoms with van der Waals surface area (Å²) >= 11 is 8.14. The first-order valence-corrected chi connectivity index (χ1v) is 15.2. The van der Waals surface area contributed by atoms with E-state index < -0.39 is 8.15 Å². The van der Waals surface area contributed by atoms with E-state index in [-0.39, 0.29) is 11.7 Å². The van der Waals surface area contributed by atoms with Gasteiger partial charge in [0.2, 0.25) is 0 Å². The van der Waals surface area contributed by atoms with Gasteiger partial charge >= 0.3 is 6.09 Å². The third-order valence-electron chi connectivity index (χ3n) is 5.99. The molecule has 2 heterocycles. The zero-order chi connectivity index (χ0) is 25.0. The molecule has 0 aliphatic carbocycles. The highest BCUT2D eigenvalue weighted by Gasteiger charge is 2.26. The highest BCUT2D eigenvalue weighted by Crippen LogP contribution is 2.48. The van der Waals surface area contributed by atoms with Crippen LogP contribution < -0.4 is 4.90 Å². The van der Waals surface area contributed by atoms with E-state index in [1.54, 1.807) is 11.8 Å². The first kappa shape index (κ1) is 26.6. The van der Waals surface area contributed by atoms with Crippen molar-refractivity contribution >= 4 is 49.0 Å². The van der Waals surface area contributed by atoms with Gasteiger partial charge in [-0.25, -0.2) is 4.79 Å². The van der Waals surface area contributed by atoms with Crippen molar-refractivity contribution < 1.29 is 14.1 Å². The third kappa shape index (κ3) is 7.27. The first-order chi connectivity index (χ1) is 16.7. The number of piperazine rings is 1. The maximum Gasteiger partial charge on any atom is 0.412 e. The maximum absolute atomic E-state index is 12.5. The predicted molar refractivity (Wildman–Crippen MR) is 147 cm³/mol. The molecule has 0 bridgehead atoms. The van der Waals surface area contributed by atoms with Crippen LogP contribution in [0.1, 0.15) is 27.2 Å². The molecule has 35 heavy (non-hydrogen) atoms. The molecule has 0 radical (unpaired) electrons. The third-order valence-corrected chi connectivity index (χ3v) is 8.31. The Hall–Kier alpha value is -1.50. The van der Waals surface area contributed by atoms with E-state index in [0.29, 0.717) is 19.4 Å². The topological polar surface area (TPSA) is 45.3 Å². The summed E-state index contributed by atoms with van der Waals surface area (Å²) in [6, 6.07) is 14.7. The molecule has 190 valence electrons. The van der Waals surface area contributed by atoms with Gasteiger partial charge in [0.25, 0.3) is 0 Å². The number of carbonyl (C=O) groups is 1. The van der Waals surface area contributed by atoms with Crippen LogP contribution in [0.5, 0.6) is 0 Å². The minimum absolute atomic E-state index is 0.216. The molecule has 1 atom stereocenters. The van der Waals surface area contributed by atoms with E-state index >= 15 is 0 Å². The average molecular weight is 536 g/mol. The number of para-hydroxylation sites is 1.